The van der Waals surface area contributed by atoms with E-state index in [1.54, 1.807) is 5.57 Å². The predicted octanol–water partition coefficient (Wildman–Crippen LogP) is 4.29. The SMILES string of the molecule is C=O.CC(C)=CCCC1=CCC(C)CC1. The Labute approximate surface area is 94.3 Å². The fraction of sp³-hybridized carbons (Fsp3) is 0.643. The molecule has 1 aliphatic carbocycles. The predicted molar refractivity (Wildman–Crippen MR) is 66.9 cm³/mol. The van der Waals surface area contributed by atoms with E-state index in [2.05, 4.69) is 32.9 Å². The van der Waals surface area contributed by atoms with Gasteiger partial charge in [0.25, 0.3) is 0 Å². The number of hydrogen-bond acceptors (Lipinski definition) is 1. The summed E-state index contributed by atoms with van der Waals surface area (Å²) in [6.07, 6.45) is 11.4. The fourth-order valence-corrected chi connectivity index (χ4v) is 1.79. The largest absolute Gasteiger partial charge is 0.307 e. The standard InChI is InChI=1S/C13H22.CH2O/c1-11(2)5-4-6-13-9-7-12(3)8-10-13;1-2/h5,9,12H,4,6-8,10H2,1-3H3;1H2. The van der Waals surface area contributed by atoms with Crippen LogP contribution in [-0.2, 0) is 4.79 Å². The molecule has 1 aliphatic rings. The van der Waals surface area contributed by atoms with Crippen LogP contribution in [0.15, 0.2) is 23.3 Å². The molecule has 86 valence electrons. The molecule has 1 nitrogen and oxygen atoms in total. The topological polar surface area (TPSA) is 17.1 Å². The Kier molecular flexibility index (Phi) is 7.98. The number of carbonyl (C=O) groups is 1. The molecule has 0 bridgehead atoms. The minimum absolute atomic E-state index is 0.923. The van der Waals surface area contributed by atoms with Crippen LogP contribution in [-0.4, -0.2) is 6.79 Å². The second-order valence-corrected chi connectivity index (χ2v) is 4.56. The highest BCUT2D eigenvalue weighted by atomic mass is 16.1. The Morgan fingerprint density at radius 2 is 2.20 bits per heavy atom. The van der Waals surface area contributed by atoms with Crippen molar-refractivity contribution in [3.8, 4) is 0 Å². The first-order chi connectivity index (χ1) is 7.18. The van der Waals surface area contributed by atoms with Gasteiger partial charge in [0, 0.05) is 0 Å². The summed E-state index contributed by atoms with van der Waals surface area (Å²) >= 11 is 0. The normalized spacial score (nSPS) is 19.7. The van der Waals surface area contributed by atoms with Crippen LogP contribution in [0.1, 0.15) is 52.9 Å². The van der Waals surface area contributed by atoms with Crippen LogP contribution < -0.4 is 0 Å². The Morgan fingerprint density at radius 1 is 1.53 bits per heavy atom. The third kappa shape index (κ3) is 7.12. The Morgan fingerprint density at radius 3 is 2.67 bits per heavy atom. The molecule has 0 fully saturated rings. The highest BCUT2D eigenvalue weighted by Crippen LogP contribution is 2.25. The van der Waals surface area contributed by atoms with E-state index in [-0.39, 0.29) is 0 Å². The Balaban J connectivity index is 0.000000921. The van der Waals surface area contributed by atoms with Crippen molar-refractivity contribution >= 4 is 6.79 Å². The van der Waals surface area contributed by atoms with E-state index >= 15 is 0 Å². The van der Waals surface area contributed by atoms with Crippen molar-refractivity contribution in [1.29, 1.82) is 0 Å². The van der Waals surface area contributed by atoms with E-state index in [1.807, 2.05) is 6.79 Å². The van der Waals surface area contributed by atoms with Crippen molar-refractivity contribution in [3.05, 3.63) is 23.3 Å². The van der Waals surface area contributed by atoms with E-state index in [4.69, 9.17) is 4.79 Å². The molecule has 1 rings (SSSR count). The van der Waals surface area contributed by atoms with Crippen molar-refractivity contribution < 1.29 is 4.79 Å². The van der Waals surface area contributed by atoms with Crippen LogP contribution in [0.4, 0.5) is 0 Å². The summed E-state index contributed by atoms with van der Waals surface area (Å²) in [4.78, 5) is 8.00. The van der Waals surface area contributed by atoms with E-state index in [9.17, 15) is 0 Å². The molecule has 1 atom stereocenters. The first-order valence-corrected chi connectivity index (χ1v) is 5.78. The molecule has 0 N–H and O–H groups in total. The second kappa shape index (κ2) is 8.46. The lowest BCUT2D eigenvalue weighted by Gasteiger charge is -2.17. The second-order valence-electron chi connectivity index (χ2n) is 4.56. The molecule has 0 saturated heterocycles. The van der Waals surface area contributed by atoms with Crippen molar-refractivity contribution in [2.45, 2.75) is 52.9 Å². The van der Waals surface area contributed by atoms with Gasteiger partial charge in [0.1, 0.15) is 6.79 Å². The summed E-state index contributed by atoms with van der Waals surface area (Å²) in [7, 11) is 0. The third-order valence-electron chi connectivity index (χ3n) is 2.79. The first kappa shape index (κ1) is 14.2. The van der Waals surface area contributed by atoms with Gasteiger partial charge in [-0.05, 0) is 51.9 Å². The smallest absolute Gasteiger partial charge is 0.106 e. The quantitative estimate of drug-likeness (QED) is 0.632. The van der Waals surface area contributed by atoms with Gasteiger partial charge in [0.05, 0.1) is 0 Å². The van der Waals surface area contributed by atoms with E-state index < -0.39 is 0 Å². The lowest BCUT2D eigenvalue weighted by Crippen LogP contribution is -2.01. The van der Waals surface area contributed by atoms with Gasteiger partial charge in [-0.2, -0.15) is 0 Å². The van der Waals surface area contributed by atoms with Gasteiger partial charge in [-0.25, -0.2) is 0 Å². The Bertz CT molecular complexity index is 221. The maximum atomic E-state index is 8.00. The van der Waals surface area contributed by atoms with Gasteiger partial charge in [-0.15, -0.1) is 0 Å². The minimum atomic E-state index is 0.923. The van der Waals surface area contributed by atoms with E-state index in [1.165, 1.54) is 37.7 Å². The number of allylic oxidation sites excluding steroid dienone is 4. The summed E-state index contributed by atoms with van der Waals surface area (Å²) in [5, 5.41) is 0. The van der Waals surface area contributed by atoms with Crippen LogP contribution in [0, 0.1) is 5.92 Å². The van der Waals surface area contributed by atoms with Crippen molar-refractivity contribution in [2.75, 3.05) is 0 Å². The number of hydrogen-bond donors (Lipinski definition) is 0. The van der Waals surface area contributed by atoms with Gasteiger partial charge >= 0.3 is 0 Å². The summed E-state index contributed by atoms with van der Waals surface area (Å²) < 4.78 is 0. The van der Waals surface area contributed by atoms with E-state index in [0.29, 0.717) is 0 Å². The van der Waals surface area contributed by atoms with Crippen LogP contribution in [0.3, 0.4) is 0 Å². The third-order valence-corrected chi connectivity index (χ3v) is 2.79. The molecule has 0 spiro atoms. The molecule has 0 aromatic rings. The molecule has 0 aliphatic heterocycles. The van der Waals surface area contributed by atoms with Crippen molar-refractivity contribution in [3.63, 3.8) is 0 Å². The average Bonchev–Trinajstić information content (AvgIpc) is 2.23. The van der Waals surface area contributed by atoms with Crippen LogP contribution >= 0.6 is 0 Å². The van der Waals surface area contributed by atoms with Crippen LogP contribution in [0.2, 0.25) is 0 Å². The molecule has 0 heterocycles. The molecule has 0 saturated carbocycles. The monoisotopic (exact) mass is 208 g/mol. The molecule has 0 aromatic heterocycles. The highest BCUT2D eigenvalue weighted by molar-refractivity contribution is 5.11. The molecule has 1 heteroatoms. The molecule has 0 amide bonds. The molecular weight excluding hydrogens is 184 g/mol. The van der Waals surface area contributed by atoms with Gasteiger partial charge in [-0.1, -0.05) is 30.2 Å². The zero-order valence-electron chi connectivity index (χ0n) is 10.4. The average molecular weight is 208 g/mol. The maximum absolute atomic E-state index is 8.00. The fourth-order valence-electron chi connectivity index (χ4n) is 1.79. The van der Waals surface area contributed by atoms with E-state index in [0.717, 1.165) is 5.92 Å². The molecule has 1 unspecified atom stereocenters. The lowest BCUT2D eigenvalue weighted by atomic mass is 9.89. The summed E-state index contributed by atoms with van der Waals surface area (Å²) in [5.74, 6) is 0.923. The summed E-state index contributed by atoms with van der Waals surface area (Å²) in [5.41, 5.74) is 3.14. The van der Waals surface area contributed by atoms with Crippen LogP contribution in [0.25, 0.3) is 0 Å². The minimum Gasteiger partial charge on any atom is -0.307 e. The summed E-state index contributed by atoms with van der Waals surface area (Å²) in [6, 6.07) is 0. The maximum Gasteiger partial charge on any atom is 0.106 e. The van der Waals surface area contributed by atoms with Gasteiger partial charge in [-0.3, -0.25) is 0 Å². The summed E-state index contributed by atoms with van der Waals surface area (Å²) in [6.45, 7) is 8.71. The number of carbonyl (C=O) groups excluding carboxylic acids is 1. The lowest BCUT2D eigenvalue weighted by molar-refractivity contribution is -0.0979. The molecular formula is C14H24O. The number of rotatable bonds is 3. The zero-order valence-corrected chi connectivity index (χ0v) is 10.4. The van der Waals surface area contributed by atoms with Gasteiger partial charge in [0.2, 0.25) is 0 Å². The van der Waals surface area contributed by atoms with Gasteiger partial charge in [0.15, 0.2) is 0 Å². The molecule has 0 aromatic carbocycles. The Hall–Kier alpha value is -0.850. The van der Waals surface area contributed by atoms with Crippen molar-refractivity contribution in [1.82, 2.24) is 0 Å². The highest BCUT2D eigenvalue weighted by Gasteiger charge is 2.08. The first-order valence-electron chi connectivity index (χ1n) is 5.78. The van der Waals surface area contributed by atoms with Crippen LogP contribution in [0.5, 0.6) is 0 Å². The molecule has 0 radical (unpaired) electrons. The molecule has 15 heavy (non-hydrogen) atoms. The van der Waals surface area contributed by atoms with Crippen molar-refractivity contribution in [2.24, 2.45) is 5.92 Å². The zero-order chi connectivity index (χ0) is 11.7. The van der Waals surface area contributed by atoms with Gasteiger partial charge < -0.3 is 4.79 Å².